The maximum atomic E-state index is 13.6. The van der Waals surface area contributed by atoms with Gasteiger partial charge in [-0.3, -0.25) is 18.6 Å². The van der Waals surface area contributed by atoms with Crippen LogP contribution in [0.25, 0.3) is 0 Å². The van der Waals surface area contributed by atoms with Crippen LogP contribution in [0.2, 0.25) is 0 Å². The maximum Gasteiger partial charge on any atom is 0.472 e. The Hall–Kier alpha value is -2.29. The van der Waals surface area contributed by atoms with Crippen molar-refractivity contribution in [2.24, 2.45) is 0 Å². The Labute approximate surface area is 464 Å². The highest BCUT2D eigenvalue weighted by molar-refractivity contribution is 7.47. The van der Waals surface area contributed by atoms with Crippen LogP contribution in [0.15, 0.2) is 60.8 Å². The Morgan fingerprint density at radius 1 is 0.467 bits per heavy atom. The maximum absolute atomic E-state index is 13.6. The number of ether oxygens (including phenoxy) is 1. The SMILES string of the molecule is CCCCC/C=C\C/C=C\C/C=C\C/C=C\CCCCCCCCCC(=O)NC(COP(=O)(O)OCC[N+](C)(C)C)C(/C=C\CCCCCCCCCCCCC)OC(=O)CCCCCCCCCCCCCCC. The normalized spacial score (nSPS) is 14.1. The molecule has 0 bridgehead atoms. The lowest BCUT2D eigenvalue weighted by molar-refractivity contribution is -0.870. The van der Waals surface area contributed by atoms with Crippen molar-refractivity contribution >= 4 is 19.7 Å². The fraction of sp³-hybridized carbons (Fsp3) is 0.815. The van der Waals surface area contributed by atoms with E-state index in [1.165, 1.54) is 167 Å². The van der Waals surface area contributed by atoms with Gasteiger partial charge in [-0.25, -0.2) is 4.57 Å². The van der Waals surface area contributed by atoms with E-state index in [1.807, 2.05) is 33.3 Å². The zero-order valence-corrected chi connectivity index (χ0v) is 50.9. The van der Waals surface area contributed by atoms with Crippen LogP contribution in [0, 0.1) is 0 Å². The fourth-order valence-electron chi connectivity index (χ4n) is 9.04. The van der Waals surface area contributed by atoms with E-state index in [9.17, 15) is 19.0 Å². The Bertz CT molecular complexity index is 1470. The van der Waals surface area contributed by atoms with Crippen molar-refractivity contribution in [3.05, 3.63) is 60.8 Å². The summed E-state index contributed by atoms with van der Waals surface area (Å²) in [6, 6.07) is -0.853. The summed E-state index contributed by atoms with van der Waals surface area (Å²) in [5, 5.41) is 3.06. The molecule has 438 valence electrons. The van der Waals surface area contributed by atoms with Crippen LogP contribution in [0.4, 0.5) is 0 Å². The molecule has 0 spiro atoms. The topological polar surface area (TPSA) is 111 Å². The number of quaternary nitrogens is 1. The number of hydrogen-bond donors (Lipinski definition) is 2. The zero-order chi connectivity index (χ0) is 55.0. The molecule has 0 aromatic heterocycles. The number of hydrogen-bond acceptors (Lipinski definition) is 6. The lowest BCUT2D eigenvalue weighted by Gasteiger charge is -2.27. The first kappa shape index (κ1) is 72.7. The van der Waals surface area contributed by atoms with Gasteiger partial charge < -0.3 is 19.4 Å². The largest absolute Gasteiger partial charge is 0.472 e. The quantitative estimate of drug-likeness (QED) is 0.0205. The molecule has 0 aromatic carbocycles. The fourth-order valence-corrected chi connectivity index (χ4v) is 9.78. The third-order valence-electron chi connectivity index (χ3n) is 14.0. The summed E-state index contributed by atoms with van der Waals surface area (Å²) < 4.78 is 30.7. The zero-order valence-electron chi connectivity index (χ0n) is 50.0. The summed E-state index contributed by atoms with van der Waals surface area (Å²) in [4.78, 5) is 37.7. The molecule has 9 nitrogen and oxygen atoms in total. The second-order valence-corrected chi connectivity index (χ2v) is 24.0. The summed E-state index contributed by atoms with van der Waals surface area (Å²) in [7, 11) is 1.49. The minimum atomic E-state index is -4.45. The molecule has 0 fully saturated rings. The number of unbranched alkanes of at least 4 members (excludes halogenated alkanes) is 33. The molecule has 0 heterocycles. The Balaban J connectivity index is 5.22. The lowest BCUT2D eigenvalue weighted by Crippen LogP contribution is -2.47. The number of phosphoric ester groups is 1. The number of carbonyl (C=O) groups excluding carboxylic acids is 2. The minimum absolute atomic E-state index is 0.0378. The summed E-state index contributed by atoms with van der Waals surface area (Å²) in [5.74, 6) is -0.509. The smallest absolute Gasteiger partial charge is 0.456 e. The van der Waals surface area contributed by atoms with Crippen molar-refractivity contribution in [2.45, 2.75) is 303 Å². The van der Waals surface area contributed by atoms with Gasteiger partial charge >= 0.3 is 13.8 Å². The third kappa shape index (κ3) is 56.2. The first-order valence-corrected chi connectivity index (χ1v) is 33.1. The summed E-state index contributed by atoms with van der Waals surface area (Å²) in [5.41, 5.74) is 0. The number of likely N-dealkylation sites (N-methyl/N-ethyl adjacent to an activating group) is 1. The van der Waals surface area contributed by atoms with Crippen molar-refractivity contribution in [2.75, 3.05) is 40.9 Å². The van der Waals surface area contributed by atoms with Crippen molar-refractivity contribution in [1.29, 1.82) is 0 Å². The van der Waals surface area contributed by atoms with Gasteiger partial charge in [0.1, 0.15) is 19.3 Å². The second kappa shape index (κ2) is 55.0. The van der Waals surface area contributed by atoms with E-state index >= 15 is 0 Å². The minimum Gasteiger partial charge on any atom is -0.456 e. The van der Waals surface area contributed by atoms with Gasteiger partial charge in [0.05, 0.1) is 33.8 Å². The third-order valence-corrected chi connectivity index (χ3v) is 14.9. The van der Waals surface area contributed by atoms with Crippen molar-refractivity contribution in [1.82, 2.24) is 5.32 Å². The van der Waals surface area contributed by atoms with Crippen molar-refractivity contribution < 1.29 is 37.3 Å². The van der Waals surface area contributed by atoms with Crippen molar-refractivity contribution in [3.8, 4) is 0 Å². The van der Waals surface area contributed by atoms with Crippen LogP contribution >= 0.6 is 7.82 Å². The van der Waals surface area contributed by atoms with Crippen LogP contribution < -0.4 is 5.32 Å². The first-order valence-electron chi connectivity index (χ1n) is 31.6. The number of nitrogens with one attached hydrogen (secondary N) is 1. The predicted octanol–water partition coefficient (Wildman–Crippen LogP) is 19.4. The van der Waals surface area contributed by atoms with Gasteiger partial charge in [-0.05, 0) is 76.7 Å². The van der Waals surface area contributed by atoms with Crippen LogP contribution in [-0.2, 0) is 27.9 Å². The molecule has 0 radical (unpaired) electrons. The predicted molar refractivity (Wildman–Crippen MR) is 323 cm³/mol. The molecule has 0 aliphatic rings. The highest BCUT2D eigenvalue weighted by Gasteiger charge is 2.30. The number of allylic oxidation sites excluding steroid dienone is 9. The van der Waals surface area contributed by atoms with E-state index in [1.54, 1.807) is 0 Å². The molecule has 1 amide bonds. The molecule has 0 saturated heterocycles. The van der Waals surface area contributed by atoms with Gasteiger partial charge in [-0.1, -0.05) is 262 Å². The van der Waals surface area contributed by atoms with E-state index in [4.69, 9.17) is 13.8 Å². The number of carbonyl (C=O) groups is 2. The second-order valence-electron chi connectivity index (χ2n) is 22.6. The molecule has 10 heteroatoms. The standard InChI is InChI=1S/C65H121N2O7P/c1-7-10-13-16-19-22-25-28-29-30-31-32-33-34-35-36-37-40-42-45-48-51-54-57-64(68)66-62(61-73-75(70,71)72-60-59-67(4,5)6)63(56-53-50-47-44-41-38-26-23-20-17-14-11-8-2)74-65(69)58-55-52-49-46-43-39-27-24-21-18-15-12-9-3/h19,22,28-29,31-32,34-35,53,56,62-63H,7-18,20-21,23-27,30,33,36-52,54-55,57-61H2,1-6H3,(H-,66,68,70,71)/p+1/b22-19-,29-28-,32-31-,35-34-,56-53-. The van der Waals surface area contributed by atoms with E-state index in [-0.39, 0.29) is 25.1 Å². The lowest BCUT2D eigenvalue weighted by atomic mass is 10.0. The van der Waals surface area contributed by atoms with E-state index in [0.717, 1.165) is 89.9 Å². The molecule has 3 unspecified atom stereocenters. The van der Waals surface area contributed by atoms with Crippen LogP contribution in [0.1, 0.15) is 290 Å². The van der Waals surface area contributed by atoms with Gasteiger partial charge in [-0.2, -0.15) is 0 Å². The molecule has 0 aliphatic carbocycles. The molecular formula is C65H122N2O7P+. The van der Waals surface area contributed by atoms with Crippen LogP contribution in [0.3, 0.4) is 0 Å². The number of amides is 1. The molecule has 3 atom stereocenters. The highest BCUT2D eigenvalue weighted by Crippen LogP contribution is 2.43. The number of esters is 1. The number of rotatable bonds is 57. The number of phosphoric acid groups is 1. The monoisotopic (exact) mass is 1070 g/mol. The van der Waals surface area contributed by atoms with Gasteiger partial charge in [0.15, 0.2) is 0 Å². The summed E-state index contributed by atoms with van der Waals surface area (Å²) >= 11 is 0. The van der Waals surface area contributed by atoms with Crippen LogP contribution in [-0.4, -0.2) is 74.3 Å². The number of nitrogens with zero attached hydrogens (tertiary/aromatic N) is 1. The summed E-state index contributed by atoms with van der Waals surface area (Å²) in [6.07, 6.45) is 69.2. The highest BCUT2D eigenvalue weighted by atomic mass is 31.2. The molecule has 75 heavy (non-hydrogen) atoms. The van der Waals surface area contributed by atoms with Crippen LogP contribution in [0.5, 0.6) is 0 Å². The molecule has 0 aliphatic heterocycles. The average Bonchev–Trinajstić information content (AvgIpc) is 3.37. The molecule has 0 saturated carbocycles. The average molecular weight is 1070 g/mol. The van der Waals surface area contributed by atoms with Gasteiger partial charge in [0, 0.05) is 12.8 Å². The Morgan fingerprint density at radius 2 is 0.813 bits per heavy atom. The molecule has 0 aromatic rings. The van der Waals surface area contributed by atoms with E-state index in [2.05, 4.69) is 74.7 Å². The summed E-state index contributed by atoms with van der Waals surface area (Å²) in [6.45, 7) is 6.99. The molecule has 0 rings (SSSR count). The van der Waals surface area contributed by atoms with Gasteiger partial charge in [0.2, 0.25) is 5.91 Å². The van der Waals surface area contributed by atoms with Crippen molar-refractivity contribution in [3.63, 3.8) is 0 Å². The molecule has 2 N–H and O–H groups in total. The Morgan fingerprint density at radius 3 is 1.24 bits per heavy atom. The van der Waals surface area contributed by atoms with E-state index in [0.29, 0.717) is 23.9 Å². The molecular weight excluding hydrogens is 952 g/mol. The first-order chi connectivity index (χ1) is 36.4. The van der Waals surface area contributed by atoms with Gasteiger partial charge in [0.25, 0.3) is 0 Å². The van der Waals surface area contributed by atoms with Gasteiger partial charge in [-0.15, -0.1) is 0 Å². The van der Waals surface area contributed by atoms with E-state index < -0.39 is 20.0 Å². The Kier molecular flexibility index (Phi) is 53.4.